The first-order chi connectivity index (χ1) is 9.52. The zero-order valence-corrected chi connectivity index (χ0v) is 12.8. The molecule has 2 aromatic heterocycles. The zero-order chi connectivity index (χ0) is 14.7. The third-order valence-corrected chi connectivity index (χ3v) is 4.01. The summed E-state index contributed by atoms with van der Waals surface area (Å²) in [4.78, 5) is 16.8. The lowest BCUT2D eigenvalue weighted by Crippen LogP contribution is -2.40. The summed E-state index contributed by atoms with van der Waals surface area (Å²) in [5.41, 5.74) is 0.670. The number of aliphatic hydroxyl groups is 1. The van der Waals surface area contributed by atoms with Gasteiger partial charge in [0.05, 0.1) is 18.3 Å². The molecule has 2 rings (SSSR count). The van der Waals surface area contributed by atoms with Crippen LogP contribution < -0.4 is 5.32 Å². The van der Waals surface area contributed by atoms with E-state index in [0.717, 1.165) is 4.96 Å². The second-order valence-corrected chi connectivity index (χ2v) is 5.95. The maximum Gasteiger partial charge on any atom is 0.244 e. The Morgan fingerprint density at radius 1 is 1.65 bits per heavy atom. The summed E-state index contributed by atoms with van der Waals surface area (Å²) in [5, 5.41) is 14.2. The predicted molar refractivity (Wildman–Crippen MR) is 81.0 cm³/mol. The number of aliphatic hydroxyl groups excluding tert-OH is 1. The highest BCUT2D eigenvalue weighted by molar-refractivity contribution is 7.15. The summed E-state index contributed by atoms with van der Waals surface area (Å²) in [5.74, 6) is -0.0986. The summed E-state index contributed by atoms with van der Waals surface area (Å²) in [6, 6.07) is -0.255. The van der Waals surface area contributed by atoms with Crippen molar-refractivity contribution in [3.05, 3.63) is 28.5 Å². The fourth-order valence-electron chi connectivity index (χ4n) is 1.73. The lowest BCUT2D eigenvalue weighted by Gasteiger charge is -2.18. The predicted octanol–water partition coefficient (Wildman–Crippen LogP) is 2.20. The van der Waals surface area contributed by atoms with Gasteiger partial charge < -0.3 is 10.4 Å². The largest absolute Gasteiger partial charge is 0.394 e. The third kappa shape index (κ3) is 3.20. The van der Waals surface area contributed by atoms with Crippen molar-refractivity contribution in [2.24, 2.45) is 5.92 Å². The van der Waals surface area contributed by atoms with Crippen LogP contribution in [0.15, 0.2) is 17.7 Å². The molecular formula is C13H16ClN3O2S. The molecular weight excluding hydrogens is 298 g/mol. The summed E-state index contributed by atoms with van der Waals surface area (Å²) >= 11 is 7.50. The molecule has 0 spiro atoms. The number of halogens is 1. The highest BCUT2D eigenvalue weighted by Crippen LogP contribution is 2.22. The molecule has 0 unspecified atom stereocenters. The van der Waals surface area contributed by atoms with E-state index in [-0.39, 0.29) is 24.5 Å². The number of hydrogen-bond donors (Lipinski definition) is 2. The molecule has 0 aliphatic carbocycles. The lowest BCUT2D eigenvalue weighted by atomic mass is 10.1. The van der Waals surface area contributed by atoms with Gasteiger partial charge in [-0.1, -0.05) is 25.4 Å². The zero-order valence-electron chi connectivity index (χ0n) is 11.2. The number of rotatable bonds is 5. The number of thiazole rings is 1. The Morgan fingerprint density at radius 3 is 3.05 bits per heavy atom. The minimum Gasteiger partial charge on any atom is -0.394 e. The van der Waals surface area contributed by atoms with Gasteiger partial charge in [0, 0.05) is 17.7 Å². The maximum absolute atomic E-state index is 11.8. The normalized spacial score (nSPS) is 13.4. The van der Waals surface area contributed by atoms with E-state index < -0.39 is 0 Å². The molecule has 5 nitrogen and oxygen atoms in total. The average Bonchev–Trinajstić information content (AvgIpc) is 2.94. The van der Waals surface area contributed by atoms with Crippen LogP contribution in [0.25, 0.3) is 11.0 Å². The summed E-state index contributed by atoms with van der Waals surface area (Å²) < 4.78 is 1.82. The monoisotopic (exact) mass is 313 g/mol. The van der Waals surface area contributed by atoms with E-state index in [2.05, 4.69) is 10.3 Å². The SMILES string of the molecule is CC(C)[C@@H](CO)NC(=O)C=Cc1c(Cl)nc2sccn12. The Morgan fingerprint density at radius 2 is 2.40 bits per heavy atom. The molecule has 2 heterocycles. The Balaban J connectivity index is 2.11. The number of nitrogens with zero attached hydrogens (tertiary/aromatic N) is 2. The topological polar surface area (TPSA) is 66.6 Å². The van der Waals surface area contributed by atoms with Crippen LogP contribution in [0.3, 0.4) is 0 Å². The number of carbonyl (C=O) groups is 1. The molecule has 2 N–H and O–H groups in total. The van der Waals surface area contributed by atoms with E-state index in [1.807, 2.05) is 29.8 Å². The lowest BCUT2D eigenvalue weighted by molar-refractivity contribution is -0.117. The van der Waals surface area contributed by atoms with Crippen molar-refractivity contribution in [2.45, 2.75) is 19.9 Å². The van der Waals surface area contributed by atoms with E-state index in [4.69, 9.17) is 11.6 Å². The van der Waals surface area contributed by atoms with Gasteiger partial charge in [0.1, 0.15) is 0 Å². The van der Waals surface area contributed by atoms with Crippen molar-refractivity contribution in [3.8, 4) is 0 Å². The summed E-state index contributed by atoms with van der Waals surface area (Å²) in [7, 11) is 0. The van der Waals surface area contributed by atoms with E-state index in [1.54, 1.807) is 6.08 Å². The highest BCUT2D eigenvalue weighted by Gasteiger charge is 2.14. The third-order valence-electron chi connectivity index (χ3n) is 2.98. The van der Waals surface area contributed by atoms with Crippen molar-refractivity contribution in [1.82, 2.24) is 14.7 Å². The first-order valence-corrected chi connectivity index (χ1v) is 7.49. The Kier molecular flexibility index (Phi) is 4.80. The molecule has 20 heavy (non-hydrogen) atoms. The van der Waals surface area contributed by atoms with E-state index >= 15 is 0 Å². The summed E-state index contributed by atoms with van der Waals surface area (Å²) in [6.45, 7) is 3.79. The van der Waals surface area contributed by atoms with Gasteiger partial charge in [-0.25, -0.2) is 4.98 Å². The maximum atomic E-state index is 11.8. The van der Waals surface area contributed by atoms with E-state index in [0.29, 0.717) is 10.8 Å². The first-order valence-electron chi connectivity index (χ1n) is 6.23. The molecule has 0 radical (unpaired) electrons. The number of imidazole rings is 1. The number of carbonyl (C=O) groups excluding carboxylic acids is 1. The smallest absolute Gasteiger partial charge is 0.244 e. The van der Waals surface area contributed by atoms with Gasteiger partial charge in [0.2, 0.25) is 5.91 Å². The van der Waals surface area contributed by atoms with Crippen LogP contribution in [-0.2, 0) is 4.79 Å². The number of fused-ring (bicyclic) bond motifs is 1. The van der Waals surface area contributed by atoms with Gasteiger partial charge >= 0.3 is 0 Å². The van der Waals surface area contributed by atoms with Crippen LogP contribution in [-0.4, -0.2) is 33.0 Å². The molecule has 7 heteroatoms. The van der Waals surface area contributed by atoms with Crippen molar-refractivity contribution >= 4 is 39.9 Å². The van der Waals surface area contributed by atoms with Crippen LogP contribution in [0.5, 0.6) is 0 Å². The molecule has 0 aliphatic heterocycles. The number of nitrogens with one attached hydrogen (secondary N) is 1. The molecule has 0 saturated carbocycles. The van der Waals surface area contributed by atoms with Gasteiger partial charge in [-0.2, -0.15) is 0 Å². The van der Waals surface area contributed by atoms with E-state index in [9.17, 15) is 9.90 Å². The number of hydrogen-bond acceptors (Lipinski definition) is 4. The van der Waals surface area contributed by atoms with Crippen LogP contribution >= 0.6 is 22.9 Å². The molecule has 0 fully saturated rings. The van der Waals surface area contributed by atoms with Crippen molar-refractivity contribution < 1.29 is 9.90 Å². The van der Waals surface area contributed by atoms with Gasteiger partial charge in [0.15, 0.2) is 10.1 Å². The van der Waals surface area contributed by atoms with Crippen LogP contribution in [0.1, 0.15) is 19.5 Å². The average molecular weight is 314 g/mol. The fraction of sp³-hybridized carbons (Fsp3) is 0.385. The fourth-order valence-corrected chi connectivity index (χ4v) is 2.74. The van der Waals surface area contributed by atoms with Gasteiger partial charge in [0.25, 0.3) is 0 Å². The quantitative estimate of drug-likeness (QED) is 0.832. The Labute approximate surface area is 125 Å². The molecule has 1 amide bonds. The Bertz CT molecular complexity index is 633. The highest BCUT2D eigenvalue weighted by atomic mass is 35.5. The van der Waals surface area contributed by atoms with Gasteiger partial charge in [-0.15, -0.1) is 11.3 Å². The molecule has 2 aromatic rings. The van der Waals surface area contributed by atoms with Crippen molar-refractivity contribution in [2.75, 3.05) is 6.61 Å². The molecule has 0 bridgehead atoms. The molecule has 0 aliphatic rings. The number of aromatic nitrogens is 2. The summed E-state index contributed by atoms with van der Waals surface area (Å²) in [6.07, 6.45) is 4.87. The van der Waals surface area contributed by atoms with Crippen LogP contribution in [0.2, 0.25) is 5.15 Å². The van der Waals surface area contributed by atoms with Crippen LogP contribution in [0, 0.1) is 5.92 Å². The Hall–Kier alpha value is -1.37. The minimum atomic E-state index is -0.265. The molecule has 1 atom stereocenters. The number of amides is 1. The molecule has 0 aromatic carbocycles. The molecule has 108 valence electrons. The van der Waals surface area contributed by atoms with Crippen LogP contribution in [0.4, 0.5) is 0 Å². The van der Waals surface area contributed by atoms with Gasteiger partial charge in [-0.05, 0) is 12.0 Å². The minimum absolute atomic E-state index is 0.0839. The standard InChI is InChI=1S/C13H16ClN3O2S/c1-8(2)9(7-18)15-11(19)4-3-10-12(14)16-13-17(10)5-6-20-13/h3-6,8-9,18H,7H2,1-2H3,(H,15,19)/t9-/m1/s1. The molecule has 0 saturated heterocycles. The second-order valence-electron chi connectivity index (χ2n) is 4.72. The van der Waals surface area contributed by atoms with Crippen molar-refractivity contribution in [1.29, 1.82) is 0 Å². The van der Waals surface area contributed by atoms with E-state index in [1.165, 1.54) is 17.4 Å². The first kappa shape index (κ1) is 15.0. The second kappa shape index (κ2) is 6.39. The van der Waals surface area contributed by atoms with Gasteiger partial charge in [-0.3, -0.25) is 9.20 Å². The van der Waals surface area contributed by atoms with Crippen molar-refractivity contribution in [3.63, 3.8) is 0 Å².